The number of anilines is 2. The van der Waals surface area contributed by atoms with Crippen molar-refractivity contribution in [1.29, 1.82) is 5.26 Å². The van der Waals surface area contributed by atoms with Crippen molar-refractivity contribution < 1.29 is 9.90 Å². The second kappa shape index (κ2) is 7.16. The highest BCUT2D eigenvalue weighted by Crippen LogP contribution is 2.21. The Hall–Kier alpha value is -2.97. The lowest BCUT2D eigenvalue weighted by Gasteiger charge is -2.06. The fourth-order valence-corrected chi connectivity index (χ4v) is 1.83. The number of carbonyl (C=O) groups excluding carboxylic acids is 1. The molecule has 0 saturated heterocycles. The number of nitrogens with zero attached hydrogens (tertiary/aromatic N) is 1. The van der Waals surface area contributed by atoms with Gasteiger partial charge in [-0.1, -0.05) is 29.8 Å². The first-order valence-corrected chi connectivity index (χ1v) is 6.69. The molecule has 0 unspecified atom stereocenters. The zero-order valence-electron chi connectivity index (χ0n) is 11.4. The molecule has 0 heterocycles. The van der Waals surface area contributed by atoms with Crippen molar-refractivity contribution in [2.75, 3.05) is 10.6 Å². The number of carbonyl (C=O) groups is 1. The fraction of sp³-hybridized carbons (Fsp3) is 0. The molecule has 2 aromatic rings. The molecule has 6 heteroatoms. The quantitative estimate of drug-likeness (QED) is 0.595. The van der Waals surface area contributed by atoms with E-state index in [1.807, 2.05) is 6.07 Å². The summed E-state index contributed by atoms with van der Waals surface area (Å²) in [5.74, 6) is -0.499. The number of halogens is 1. The molecule has 5 nitrogen and oxygen atoms in total. The number of hydrogen-bond donors (Lipinski definition) is 3. The van der Waals surface area contributed by atoms with E-state index in [1.54, 1.807) is 36.4 Å². The van der Waals surface area contributed by atoms with Gasteiger partial charge in [-0.05, 0) is 24.3 Å². The van der Waals surface area contributed by atoms with Gasteiger partial charge in [-0.15, -0.1) is 0 Å². The molecule has 0 aliphatic carbocycles. The number of phenols is 1. The summed E-state index contributed by atoms with van der Waals surface area (Å²) in [5.41, 5.74) is 0.856. The van der Waals surface area contributed by atoms with Gasteiger partial charge in [0.2, 0.25) is 0 Å². The number of rotatable bonds is 4. The Balaban J connectivity index is 2.11. The van der Waals surface area contributed by atoms with Crippen LogP contribution in [0.2, 0.25) is 5.02 Å². The van der Waals surface area contributed by atoms with Gasteiger partial charge in [-0.2, -0.15) is 5.26 Å². The summed E-state index contributed by atoms with van der Waals surface area (Å²) in [6, 6.07) is 14.9. The van der Waals surface area contributed by atoms with Crippen LogP contribution in [0.5, 0.6) is 5.75 Å². The lowest BCUT2D eigenvalue weighted by Crippen LogP contribution is -2.14. The van der Waals surface area contributed by atoms with E-state index in [4.69, 9.17) is 16.9 Å². The summed E-state index contributed by atoms with van der Waals surface area (Å²) < 4.78 is 0. The predicted molar refractivity (Wildman–Crippen MR) is 85.5 cm³/mol. The first kappa shape index (κ1) is 15.4. The monoisotopic (exact) mass is 313 g/mol. The molecule has 110 valence electrons. The van der Waals surface area contributed by atoms with Crippen molar-refractivity contribution in [3.05, 3.63) is 65.3 Å². The molecule has 1 amide bonds. The highest BCUT2D eigenvalue weighted by atomic mass is 35.5. The maximum Gasteiger partial charge on any atom is 0.267 e. The molecule has 0 saturated carbocycles. The first-order chi connectivity index (χ1) is 10.6. The third kappa shape index (κ3) is 4.01. The van der Waals surface area contributed by atoms with Crippen molar-refractivity contribution in [2.24, 2.45) is 0 Å². The molecule has 22 heavy (non-hydrogen) atoms. The SMILES string of the molecule is N#C/C(=C/Nc1cccc(O)c1)C(=O)Nc1ccccc1Cl. The predicted octanol–water partition coefficient (Wildman–Crippen LogP) is 3.50. The molecule has 0 atom stereocenters. The summed E-state index contributed by atoms with van der Waals surface area (Å²) in [6.45, 7) is 0. The molecule has 0 fully saturated rings. The largest absolute Gasteiger partial charge is 0.508 e. The Morgan fingerprint density at radius 2 is 2.00 bits per heavy atom. The van der Waals surface area contributed by atoms with E-state index >= 15 is 0 Å². The molecular formula is C16H12ClN3O2. The van der Waals surface area contributed by atoms with Gasteiger partial charge in [0.15, 0.2) is 0 Å². The van der Waals surface area contributed by atoms with Crippen LogP contribution in [-0.2, 0) is 4.79 Å². The topological polar surface area (TPSA) is 85.2 Å². The number of aromatic hydroxyl groups is 1. The average Bonchev–Trinajstić information content (AvgIpc) is 2.50. The summed E-state index contributed by atoms with van der Waals surface area (Å²) in [6.07, 6.45) is 1.26. The number of hydrogen-bond acceptors (Lipinski definition) is 4. The van der Waals surface area contributed by atoms with Crippen LogP contribution in [0, 0.1) is 11.3 Å². The lowest BCUT2D eigenvalue weighted by atomic mass is 10.2. The third-order valence-corrected chi connectivity index (χ3v) is 3.05. The number of para-hydroxylation sites is 1. The molecule has 0 radical (unpaired) electrons. The van der Waals surface area contributed by atoms with Crippen molar-refractivity contribution in [1.82, 2.24) is 0 Å². The van der Waals surface area contributed by atoms with Gasteiger partial charge in [0.05, 0.1) is 10.7 Å². The maximum absolute atomic E-state index is 12.0. The number of phenolic OH excluding ortho intramolecular Hbond substituents is 1. The molecule has 3 N–H and O–H groups in total. The molecular weight excluding hydrogens is 302 g/mol. The number of nitrogens with one attached hydrogen (secondary N) is 2. The molecule has 0 aliphatic heterocycles. The zero-order valence-corrected chi connectivity index (χ0v) is 12.1. The van der Waals surface area contributed by atoms with Crippen molar-refractivity contribution in [3.8, 4) is 11.8 Å². The summed E-state index contributed by atoms with van der Waals surface area (Å²) >= 11 is 5.95. The lowest BCUT2D eigenvalue weighted by molar-refractivity contribution is -0.112. The van der Waals surface area contributed by atoms with E-state index in [9.17, 15) is 9.90 Å². The van der Waals surface area contributed by atoms with Gasteiger partial charge >= 0.3 is 0 Å². The Kier molecular flexibility index (Phi) is 5.02. The fourth-order valence-electron chi connectivity index (χ4n) is 1.65. The number of benzene rings is 2. The summed E-state index contributed by atoms with van der Waals surface area (Å²) in [5, 5.41) is 24.1. The number of nitriles is 1. The van der Waals surface area contributed by atoms with Crippen LogP contribution in [-0.4, -0.2) is 11.0 Å². The van der Waals surface area contributed by atoms with Gasteiger partial charge in [0, 0.05) is 18.0 Å². The summed E-state index contributed by atoms with van der Waals surface area (Å²) in [7, 11) is 0. The van der Waals surface area contributed by atoms with Gasteiger partial charge in [-0.25, -0.2) is 0 Å². The molecule has 2 aromatic carbocycles. The normalized spacial score (nSPS) is 10.6. The first-order valence-electron chi connectivity index (χ1n) is 6.32. The Labute approximate surface area is 132 Å². The molecule has 2 rings (SSSR count). The van der Waals surface area contributed by atoms with Crippen LogP contribution < -0.4 is 10.6 Å². The number of amides is 1. The van der Waals surface area contributed by atoms with Gasteiger partial charge < -0.3 is 15.7 Å². The van der Waals surface area contributed by atoms with Crippen LogP contribution in [0.25, 0.3) is 0 Å². The Morgan fingerprint density at radius 1 is 1.23 bits per heavy atom. The molecule has 0 bridgehead atoms. The Bertz CT molecular complexity index is 766. The average molecular weight is 314 g/mol. The molecule has 0 aromatic heterocycles. The van der Waals surface area contributed by atoms with Crippen molar-refractivity contribution in [3.63, 3.8) is 0 Å². The van der Waals surface area contributed by atoms with E-state index in [-0.39, 0.29) is 11.3 Å². The minimum absolute atomic E-state index is 0.0810. The van der Waals surface area contributed by atoms with E-state index in [1.165, 1.54) is 18.3 Å². The minimum Gasteiger partial charge on any atom is -0.508 e. The van der Waals surface area contributed by atoms with Gasteiger partial charge in [0.25, 0.3) is 5.91 Å². The van der Waals surface area contributed by atoms with Crippen LogP contribution >= 0.6 is 11.6 Å². The Morgan fingerprint density at radius 3 is 2.68 bits per heavy atom. The molecule has 0 aliphatic rings. The van der Waals surface area contributed by atoms with Crippen LogP contribution in [0.1, 0.15) is 0 Å². The van der Waals surface area contributed by atoms with Crippen molar-refractivity contribution >= 4 is 28.9 Å². The minimum atomic E-state index is -0.580. The smallest absolute Gasteiger partial charge is 0.267 e. The van der Waals surface area contributed by atoms with E-state index in [0.29, 0.717) is 16.4 Å². The van der Waals surface area contributed by atoms with Crippen LogP contribution in [0.3, 0.4) is 0 Å². The van der Waals surface area contributed by atoms with Crippen molar-refractivity contribution in [2.45, 2.75) is 0 Å². The second-order valence-corrected chi connectivity index (χ2v) is 4.71. The van der Waals surface area contributed by atoms with Gasteiger partial charge in [0.1, 0.15) is 17.4 Å². The molecule has 0 spiro atoms. The second-order valence-electron chi connectivity index (χ2n) is 4.30. The zero-order chi connectivity index (χ0) is 15.9. The standard InChI is InChI=1S/C16H12ClN3O2/c17-14-6-1-2-7-15(14)20-16(22)11(9-18)10-19-12-4-3-5-13(21)8-12/h1-8,10,19,21H,(H,20,22)/b11-10-. The highest BCUT2D eigenvalue weighted by molar-refractivity contribution is 6.33. The summed E-state index contributed by atoms with van der Waals surface area (Å²) in [4.78, 5) is 12.0. The third-order valence-electron chi connectivity index (χ3n) is 2.72. The highest BCUT2D eigenvalue weighted by Gasteiger charge is 2.10. The van der Waals surface area contributed by atoms with E-state index in [0.717, 1.165) is 0 Å². The van der Waals surface area contributed by atoms with Gasteiger partial charge in [-0.3, -0.25) is 4.79 Å². The van der Waals surface area contributed by atoms with Crippen LogP contribution in [0.15, 0.2) is 60.3 Å². The van der Waals surface area contributed by atoms with E-state index < -0.39 is 5.91 Å². The van der Waals surface area contributed by atoms with E-state index in [2.05, 4.69) is 10.6 Å². The maximum atomic E-state index is 12.0. The van der Waals surface area contributed by atoms with Crippen LogP contribution in [0.4, 0.5) is 11.4 Å².